The summed E-state index contributed by atoms with van der Waals surface area (Å²) >= 11 is 3.65. The van der Waals surface area contributed by atoms with Gasteiger partial charge in [0.25, 0.3) is 0 Å². The van der Waals surface area contributed by atoms with Crippen LogP contribution in [0.2, 0.25) is 0 Å². The summed E-state index contributed by atoms with van der Waals surface area (Å²) in [6.45, 7) is 6.16. The van der Waals surface area contributed by atoms with Crippen molar-refractivity contribution in [3.8, 4) is 0 Å². The van der Waals surface area contributed by atoms with Gasteiger partial charge in [-0.2, -0.15) is 0 Å². The molecule has 1 fully saturated rings. The standard InChI is InChI=1S/C13H20BrN3/c1-9-5-6-16-13(12(9)14)17-8-11(7-15)4-3-10(17)2/h5-6,10-11H,3-4,7-8,15H2,1-2H3. The fraction of sp³-hybridized carbons (Fsp3) is 0.615. The molecule has 0 amide bonds. The largest absolute Gasteiger partial charge is 0.353 e. The van der Waals surface area contributed by atoms with Crippen LogP contribution in [0.1, 0.15) is 25.3 Å². The number of halogens is 1. The molecule has 0 radical (unpaired) electrons. The summed E-state index contributed by atoms with van der Waals surface area (Å²) < 4.78 is 1.12. The van der Waals surface area contributed by atoms with E-state index in [4.69, 9.17) is 5.73 Å². The van der Waals surface area contributed by atoms with E-state index in [1.165, 1.54) is 18.4 Å². The summed E-state index contributed by atoms with van der Waals surface area (Å²) in [4.78, 5) is 6.91. The Bertz CT molecular complexity index is 394. The minimum atomic E-state index is 0.545. The van der Waals surface area contributed by atoms with Crippen LogP contribution in [0.25, 0.3) is 0 Å². The molecular weight excluding hydrogens is 278 g/mol. The predicted octanol–water partition coefficient (Wildman–Crippen LogP) is 2.72. The second-order valence-corrected chi connectivity index (χ2v) is 5.74. The highest BCUT2D eigenvalue weighted by atomic mass is 79.9. The molecule has 2 rings (SSSR count). The molecule has 4 heteroatoms. The number of hydrogen-bond donors (Lipinski definition) is 1. The van der Waals surface area contributed by atoms with E-state index in [0.717, 1.165) is 23.4 Å². The molecule has 17 heavy (non-hydrogen) atoms. The van der Waals surface area contributed by atoms with Gasteiger partial charge in [-0.3, -0.25) is 0 Å². The molecule has 1 saturated heterocycles. The maximum Gasteiger partial charge on any atom is 0.143 e. The fourth-order valence-corrected chi connectivity index (χ4v) is 2.86. The molecular formula is C13H20BrN3. The smallest absolute Gasteiger partial charge is 0.143 e. The second kappa shape index (κ2) is 5.36. The van der Waals surface area contributed by atoms with Crippen LogP contribution in [0.15, 0.2) is 16.7 Å². The zero-order chi connectivity index (χ0) is 12.4. The van der Waals surface area contributed by atoms with Crippen molar-refractivity contribution in [1.29, 1.82) is 0 Å². The van der Waals surface area contributed by atoms with E-state index in [1.807, 2.05) is 12.3 Å². The summed E-state index contributed by atoms with van der Waals surface area (Å²) in [5.41, 5.74) is 7.03. The van der Waals surface area contributed by atoms with E-state index in [2.05, 4.69) is 39.7 Å². The molecule has 1 aromatic rings. The molecule has 0 bridgehead atoms. The van der Waals surface area contributed by atoms with Gasteiger partial charge in [0.1, 0.15) is 5.82 Å². The van der Waals surface area contributed by atoms with Crippen LogP contribution in [0, 0.1) is 12.8 Å². The SMILES string of the molecule is Cc1ccnc(N2CC(CN)CCC2C)c1Br. The lowest BCUT2D eigenvalue weighted by atomic mass is 9.93. The number of nitrogens with two attached hydrogens (primary N) is 1. The maximum absolute atomic E-state index is 5.80. The molecule has 1 aliphatic heterocycles. The van der Waals surface area contributed by atoms with Gasteiger partial charge in [-0.05, 0) is 66.7 Å². The Hall–Kier alpha value is -0.610. The van der Waals surface area contributed by atoms with Gasteiger partial charge in [0.05, 0.1) is 4.47 Å². The highest BCUT2D eigenvalue weighted by molar-refractivity contribution is 9.10. The zero-order valence-electron chi connectivity index (χ0n) is 10.5. The van der Waals surface area contributed by atoms with Crippen LogP contribution in [-0.4, -0.2) is 24.1 Å². The van der Waals surface area contributed by atoms with Gasteiger partial charge >= 0.3 is 0 Å². The number of anilines is 1. The van der Waals surface area contributed by atoms with Crippen molar-refractivity contribution in [2.45, 2.75) is 32.7 Å². The molecule has 0 aromatic carbocycles. The molecule has 1 aliphatic rings. The van der Waals surface area contributed by atoms with E-state index in [9.17, 15) is 0 Å². The summed E-state index contributed by atoms with van der Waals surface area (Å²) in [6, 6.07) is 2.58. The lowest BCUT2D eigenvalue weighted by Gasteiger charge is -2.39. The number of aromatic nitrogens is 1. The third kappa shape index (κ3) is 2.63. The third-order valence-corrected chi connectivity index (χ3v) is 4.63. The van der Waals surface area contributed by atoms with E-state index >= 15 is 0 Å². The van der Waals surface area contributed by atoms with Crippen molar-refractivity contribution in [3.63, 3.8) is 0 Å². The summed E-state index contributed by atoms with van der Waals surface area (Å²) in [6.07, 6.45) is 4.32. The molecule has 2 atom stereocenters. The molecule has 2 heterocycles. The predicted molar refractivity (Wildman–Crippen MR) is 75.3 cm³/mol. The highest BCUT2D eigenvalue weighted by Crippen LogP contribution is 2.32. The van der Waals surface area contributed by atoms with Crippen LogP contribution in [0.3, 0.4) is 0 Å². The molecule has 2 unspecified atom stereocenters. The van der Waals surface area contributed by atoms with Crippen LogP contribution < -0.4 is 10.6 Å². The zero-order valence-corrected chi connectivity index (χ0v) is 12.1. The second-order valence-electron chi connectivity index (χ2n) is 4.95. The number of pyridine rings is 1. The van der Waals surface area contributed by atoms with E-state index < -0.39 is 0 Å². The van der Waals surface area contributed by atoms with Crippen LogP contribution in [0.4, 0.5) is 5.82 Å². The quantitative estimate of drug-likeness (QED) is 0.913. The fourth-order valence-electron chi connectivity index (χ4n) is 2.40. The van der Waals surface area contributed by atoms with Crippen molar-refractivity contribution in [1.82, 2.24) is 4.98 Å². The monoisotopic (exact) mass is 297 g/mol. The Morgan fingerprint density at radius 3 is 3.00 bits per heavy atom. The minimum absolute atomic E-state index is 0.545. The van der Waals surface area contributed by atoms with Gasteiger partial charge in [-0.1, -0.05) is 0 Å². The topological polar surface area (TPSA) is 42.2 Å². The maximum atomic E-state index is 5.80. The number of piperidine rings is 1. The van der Waals surface area contributed by atoms with Crippen molar-refractivity contribution in [2.24, 2.45) is 11.7 Å². The minimum Gasteiger partial charge on any atom is -0.353 e. The van der Waals surface area contributed by atoms with Gasteiger partial charge in [-0.15, -0.1) is 0 Å². The number of nitrogens with zero attached hydrogens (tertiary/aromatic N) is 2. The Morgan fingerprint density at radius 2 is 2.29 bits per heavy atom. The Kier molecular flexibility index (Phi) is 4.05. The molecule has 1 aromatic heterocycles. The molecule has 94 valence electrons. The van der Waals surface area contributed by atoms with Gasteiger partial charge in [-0.25, -0.2) is 4.98 Å². The van der Waals surface area contributed by atoms with Gasteiger partial charge < -0.3 is 10.6 Å². The van der Waals surface area contributed by atoms with E-state index in [-0.39, 0.29) is 0 Å². The van der Waals surface area contributed by atoms with Crippen LogP contribution >= 0.6 is 15.9 Å². The number of aryl methyl sites for hydroxylation is 1. The molecule has 0 spiro atoms. The van der Waals surface area contributed by atoms with Gasteiger partial charge in [0.2, 0.25) is 0 Å². The van der Waals surface area contributed by atoms with E-state index in [0.29, 0.717) is 12.0 Å². The summed E-state index contributed by atoms with van der Waals surface area (Å²) in [5, 5.41) is 0. The Balaban J connectivity index is 2.27. The number of hydrogen-bond acceptors (Lipinski definition) is 3. The van der Waals surface area contributed by atoms with Crippen LogP contribution in [-0.2, 0) is 0 Å². The van der Waals surface area contributed by atoms with Crippen molar-refractivity contribution in [2.75, 3.05) is 18.0 Å². The first kappa shape index (κ1) is 12.8. The van der Waals surface area contributed by atoms with Gasteiger partial charge in [0.15, 0.2) is 0 Å². The lowest BCUT2D eigenvalue weighted by Crippen LogP contribution is -2.44. The lowest BCUT2D eigenvalue weighted by molar-refractivity contribution is 0.371. The van der Waals surface area contributed by atoms with E-state index in [1.54, 1.807) is 0 Å². The first-order valence-corrected chi connectivity index (χ1v) is 7.00. The third-order valence-electron chi connectivity index (χ3n) is 3.65. The number of rotatable bonds is 2. The van der Waals surface area contributed by atoms with Crippen molar-refractivity contribution in [3.05, 3.63) is 22.3 Å². The van der Waals surface area contributed by atoms with Crippen molar-refractivity contribution < 1.29 is 0 Å². The highest BCUT2D eigenvalue weighted by Gasteiger charge is 2.27. The summed E-state index contributed by atoms with van der Waals surface area (Å²) in [7, 11) is 0. The first-order valence-electron chi connectivity index (χ1n) is 6.21. The Morgan fingerprint density at radius 1 is 1.53 bits per heavy atom. The van der Waals surface area contributed by atoms with Crippen molar-refractivity contribution >= 4 is 21.7 Å². The molecule has 2 N–H and O–H groups in total. The average Bonchev–Trinajstić information content (AvgIpc) is 2.34. The molecule has 3 nitrogen and oxygen atoms in total. The van der Waals surface area contributed by atoms with Gasteiger partial charge in [0, 0.05) is 18.8 Å². The first-order chi connectivity index (χ1) is 8.13. The Labute approximate surface area is 112 Å². The molecule has 0 saturated carbocycles. The normalized spacial score (nSPS) is 25.1. The van der Waals surface area contributed by atoms with Crippen LogP contribution in [0.5, 0.6) is 0 Å². The molecule has 0 aliphatic carbocycles. The summed E-state index contributed by atoms with van der Waals surface area (Å²) in [5.74, 6) is 1.66. The average molecular weight is 298 g/mol.